The Morgan fingerprint density at radius 2 is 1.84 bits per heavy atom. The molecule has 1 aliphatic rings. The van der Waals surface area contributed by atoms with E-state index in [1.54, 1.807) is 0 Å². The van der Waals surface area contributed by atoms with Crippen LogP contribution in [-0.4, -0.2) is 11.5 Å². The van der Waals surface area contributed by atoms with Gasteiger partial charge in [0.15, 0.2) is 23.3 Å². The topological polar surface area (TPSA) is 63.0 Å². The van der Waals surface area contributed by atoms with Crippen LogP contribution in [0.15, 0.2) is 6.07 Å². The van der Waals surface area contributed by atoms with Crippen molar-refractivity contribution < 1.29 is 8.78 Å². The number of nitrogen functional groups attached to an aromatic ring is 1. The second kappa shape index (κ2) is 6.14. The minimum absolute atomic E-state index is 0.0490. The van der Waals surface area contributed by atoms with Crippen LogP contribution >= 0.6 is 0 Å². The van der Waals surface area contributed by atoms with Crippen LogP contribution in [0.1, 0.15) is 32.6 Å². The van der Waals surface area contributed by atoms with Gasteiger partial charge in [0.1, 0.15) is 0 Å². The van der Waals surface area contributed by atoms with Gasteiger partial charge in [-0.25, -0.2) is 19.6 Å². The fraction of sp³-hybridized carbons (Fsp3) is 0.615. The SMILES string of the molecule is CC1CCC(CNc2nc(NN)c(F)cc2F)CC1. The maximum absolute atomic E-state index is 13.5. The zero-order valence-corrected chi connectivity index (χ0v) is 11.0. The summed E-state index contributed by atoms with van der Waals surface area (Å²) in [6.07, 6.45) is 4.69. The third-order valence-corrected chi connectivity index (χ3v) is 3.76. The molecule has 1 fully saturated rings. The summed E-state index contributed by atoms with van der Waals surface area (Å²) < 4.78 is 26.7. The summed E-state index contributed by atoms with van der Waals surface area (Å²) in [7, 11) is 0. The average molecular weight is 270 g/mol. The first-order valence-corrected chi connectivity index (χ1v) is 6.66. The molecule has 0 amide bonds. The van der Waals surface area contributed by atoms with E-state index in [-0.39, 0.29) is 11.6 Å². The number of pyridine rings is 1. The maximum Gasteiger partial charge on any atom is 0.178 e. The number of hydrazine groups is 1. The highest BCUT2D eigenvalue weighted by atomic mass is 19.1. The van der Waals surface area contributed by atoms with Crippen molar-refractivity contribution in [1.82, 2.24) is 4.98 Å². The molecule has 1 heterocycles. The second-order valence-electron chi connectivity index (χ2n) is 5.30. The van der Waals surface area contributed by atoms with Gasteiger partial charge in [0, 0.05) is 12.6 Å². The molecule has 0 spiro atoms. The standard InChI is InChI=1S/C13H20F2N4/c1-8-2-4-9(5-3-8)7-17-12-10(14)6-11(15)13(18-12)19-16/h6,8-9H,2-5,7,16H2,1H3,(H2,17,18,19). The lowest BCUT2D eigenvalue weighted by Gasteiger charge is -2.26. The molecule has 0 saturated heterocycles. The molecule has 0 aliphatic heterocycles. The van der Waals surface area contributed by atoms with E-state index in [1.165, 1.54) is 12.8 Å². The molecule has 1 aliphatic carbocycles. The number of nitrogens with zero attached hydrogens (tertiary/aromatic N) is 1. The van der Waals surface area contributed by atoms with Crippen LogP contribution in [0.5, 0.6) is 0 Å². The molecule has 0 bridgehead atoms. The van der Waals surface area contributed by atoms with E-state index in [1.807, 2.05) is 0 Å². The van der Waals surface area contributed by atoms with Crippen molar-refractivity contribution in [2.24, 2.45) is 17.7 Å². The van der Waals surface area contributed by atoms with Crippen molar-refractivity contribution in [3.05, 3.63) is 17.7 Å². The van der Waals surface area contributed by atoms with Crippen LogP contribution in [0.2, 0.25) is 0 Å². The highest BCUT2D eigenvalue weighted by Gasteiger charge is 2.19. The van der Waals surface area contributed by atoms with Crippen LogP contribution in [0.4, 0.5) is 20.4 Å². The molecule has 1 aromatic rings. The number of anilines is 2. The molecule has 6 heteroatoms. The third-order valence-electron chi connectivity index (χ3n) is 3.76. The minimum Gasteiger partial charge on any atom is -0.367 e. The Kier molecular flexibility index (Phi) is 4.52. The largest absolute Gasteiger partial charge is 0.367 e. The summed E-state index contributed by atoms with van der Waals surface area (Å²) in [5.74, 6) is 4.84. The van der Waals surface area contributed by atoms with Crippen molar-refractivity contribution in [1.29, 1.82) is 0 Å². The van der Waals surface area contributed by atoms with Crippen LogP contribution in [-0.2, 0) is 0 Å². The number of hydrogen-bond acceptors (Lipinski definition) is 4. The fourth-order valence-corrected chi connectivity index (χ4v) is 2.47. The molecule has 19 heavy (non-hydrogen) atoms. The number of nitrogens with two attached hydrogens (primary N) is 1. The van der Waals surface area contributed by atoms with Crippen molar-refractivity contribution in [2.75, 3.05) is 17.3 Å². The van der Waals surface area contributed by atoms with Crippen LogP contribution in [0.25, 0.3) is 0 Å². The van der Waals surface area contributed by atoms with Crippen LogP contribution < -0.4 is 16.6 Å². The summed E-state index contributed by atoms with van der Waals surface area (Å²) in [5.41, 5.74) is 2.11. The Hall–Kier alpha value is -1.43. The van der Waals surface area contributed by atoms with E-state index >= 15 is 0 Å². The Bertz CT molecular complexity index is 431. The van der Waals surface area contributed by atoms with E-state index in [9.17, 15) is 8.78 Å². The van der Waals surface area contributed by atoms with E-state index in [4.69, 9.17) is 5.84 Å². The average Bonchev–Trinajstić information content (AvgIpc) is 2.40. The number of halogens is 2. The highest BCUT2D eigenvalue weighted by molar-refractivity contribution is 5.46. The van der Waals surface area contributed by atoms with E-state index in [2.05, 4.69) is 22.7 Å². The number of hydrogen-bond donors (Lipinski definition) is 3. The zero-order chi connectivity index (χ0) is 13.8. The molecular weight excluding hydrogens is 250 g/mol. The number of rotatable bonds is 4. The zero-order valence-electron chi connectivity index (χ0n) is 11.0. The van der Waals surface area contributed by atoms with Gasteiger partial charge in [-0.1, -0.05) is 19.8 Å². The lowest BCUT2D eigenvalue weighted by molar-refractivity contribution is 0.300. The first kappa shape index (κ1) is 14.0. The van der Waals surface area contributed by atoms with Crippen molar-refractivity contribution in [3.8, 4) is 0 Å². The molecule has 0 unspecified atom stereocenters. The van der Waals surface area contributed by atoms with Gasteiger partial charge in [0.25, 0.3) is 0 Å². The maximum atomic E-state index is 13.5. The molecule has 1 saturated carbocycles. The Balaban J connectivity index is 1.95. The summed E-state index contributed by atoms with van der Waals surface area (Å²) in [4.78, 5) is 3.79. The smallest absolute Gasteiger partial charge is 0.178 e. The Labute approximate surface area is 111 Å². The van der Waals surface area contributed by atoms with Gasteiger partial charge in [-0.2, -0.15) is 0 Å². The second-order valence-corrected chi connectivity index (χ2v) is 5.30. The van der Waals surface area contributed by atoms with Gasteiger partial charge in [0.2, 0.25) is 0 Å². The van der Waals surface area contributed by atoms with Crippen molar-refractivity contribution in [2.45, 2.75) is 32.6 Å². The van der Waals surface area contributed by atoms with Crippen molar-refractivity contribution in [3.63, 3.8) is 0 Å². The van der Waals surface area contributed by atoms with Gasteiger partial charge in [0.05, 0.1) is 0 Å². The summed E-state index contributed by atoms with van der Waals surface area (Å²) >= 11 is 0. The Morgan fingerprint density at radius 1 is 1.21 bits per heavy atom. The quantitative estimate of drug-likeness (QED) is 0.581. The van der Waals surface area contributed by atoms with E-state index in [0.717, 1.165) is 24.8 Å². The third kappa shape index (κ3) is 3.53. The Morgan fingerprint density at radius 3 is 2.47 bits per heavy atom. The molecule has 4 N–H and O–H groups in total. The summed E-state index contributed by atoms with van der Waals surface area (Å²) in [5, 5.41) is 2.95. The normalized spacial score (nSPS) is 23.2. The molecule has 0 atom stereocenters. The van der Waals surface area contributed by atoms with Crippen molar-refractivity contribution >= 4 is 11.6 Å². The van der Waals surface area contributed by atoms with Gasteiger partial charge < -0.3 is 10.7 Å². The minimum atomic E-state index is -0.794. The summed E-state index contributed by atoms with van der Waals surface area (Å²) in [6.45, 7) is 2.91. The molecule has 4 nitrogen and oxygen atoms in total. The molecule has 106 valence electrons. The molecule has 2 rings (SSSR count). The van der Waals surface area contributed by atoms with Gasteiger partial charge in [-0.3, -0.25) is 0 Å². The first-order chi connectivity index (χ1) is 9.10. The summed E-state index contributed by atoms with van der Waals surface area (Å²) in [6, 6.07) is 0.785. The van der Waals surface area contributed by atoms with Crippen LogP contribution in [0, 0.1) is 23.5 Å². The van der Waals surface area contributed by atoms with Gasteiger partial charge in [-0.15, -0.1) is 0 Å². The number of nitrogens with one attached hydrogen (secondary N) is 2. The van der Waals surface area contributed by atoms with E-state index in [0.29, 0.717) is 12.5 Å². The lowest BCUT2D eigenvalue weighted by atomic mass is 9.83. The monoisotopic (exact) mass is 270 g/mol. The number of aromatic nitrogens is 1. The molecular formula is C13H20F2N4. The lowest BCUT2D eigenvalue weighted by Crippen LogP contribution is -2.21. The van der Waals surface area contributed by atoms with Gasteiger partial charge >= 0.3 is 0 Å². The predicted molar refractivity (Wildman–Crippen MR) is 71.6 cm³/mol. The van der Waals surface area contributed by atoms with Crippen LogP contribution in [0.3, 0.4) is 0 Å². The van der Waals surface area contributed by atoms with E-state index < -0.39 is 11.6 Å². The molecule has 0 radical (unpaired) electrons. The molecule has 1 aromatic heterocycles. The van der Waals surface area contributed by atoms with Gasteiger partial charge in [-0.05, 0) is 24.7 Å². The highest BCUT2D eigenvalue weighted by Crippen LogP contribution is 2.28. The molecule has 0 aromatic carbocycles. The predicted octanol–water partition coefficient (Wildman–Crippen LogP) is 2.88. The fourth-order valence-electron chi connectivity index (χ4n) is 2.47. The first-order valence-electron chi connectivity index (χ1n) is 6.66.